The summed E-state index contributed by atoms with van der Waals surface area (Å²) in [5.41, 5.74) is 7.01. The van der Waals surface area contributed by atoms with Gasteiger partial charge in [-0.1, -0.05) is 32.9 Å². The lowest BCUT2D eigenvalue weighted by molar-refractivity contribution is 0.296. The second-order valence-electron chi connectivity index (χ2n) is 5.46. The molecule has 0 radical (unpaired) electrons. The lowest BCUT2D eigenvalue weighted by Crippen LogP contribution is -2.10. The normalized spacial score (nSPS) is 11.3. The topological polar surface area (TPSA) is 61.0 Å². The van der Waals surface area contributed by atoms with E-state index >= 15 is 0 Å². The third-order valence-electron chi connectivity index (χ3n) is 2.82. The highest BCUT2D eigenvalue weighted by molar-refractivity contribution is 5.31. The van der Waals surface area contributed by atoms with Gasteiger partial charge in [-0.3, -0.25) is 0 Å². The van der Waals surface area contributed by atoms with E-state index in [-0.39, 0.29) is 5.41 Å². The molecule has 4 nitrogen and oxygen atoms in total. The third-order valence-corrected chi connectivity index (χ3v) is 2.82. The SMILES string of the molecule is CC(C)(C)c1ccc(OCc2nccc(N)n2)cc1. The quantitative estimate of drug-likeness (QED) is 0.918. The zero-order valence-corrected chi connectivity index (χ0v) is 11.6. The molecule has 0 atom stereocenters. The molecular weight excluding hydrogens is 238 g/mol. The Morgan fingerprint density at radius 1 is 1.11 bits per heavy atom. The Labute approximate surface area is 113 Å². The van der Waals surface area contributed by atoms with Gasteiger partial charge in [0.15, 0.2) is 5.82 Å². The van der Waals surface area contributed by atoms with Crippen LogP contribution in [0.15, 0.2) is 36.5 Å². The van der Waals surface area contributed by atoms with Crippen LogP contribution in [0.5, 0.6) is 5.75 Å². The Morgan fingerprint density at radius 3 is 2.37 bits per heavy atom. The number of benzene rings is 1. The number of nitrogens with two attached hydrogens (primary N) is 1. The molecule has 0 aliphatic carbocycles. The standard InChI is InChI=1S/C15H19N3O/c1-15(2,3)11-4-6-12(7-5-11)19-10-14-17-9-8-13(16)18-14/h4-9H,10H2,1-3H3,(H2,16,17,18). The van der Waals surface area contributed by atoms with Crippen LogP contribution in [0.25, 0.3) is 0 Å². The molecule has 0 aliphatic heterocycles. The number of ether oxygens (including phenoxy) is 1. The summed E-state index contributed by atoms with van der Waals surface area (Å²) in [5, 5.41) is 0. The number of nitrogens with zero attached hydrogens (tertiary/aromatic N) is 2. The summed E-state index contributed by atoms with van der Waals surface area (Å²) >= 11 is 0. The first kappa shape index (κ1) is 13.3. The monoisotopic (exact) mass is 257 g/mol. The Balaban J connectivity index is 2.01. The van der Waals surface area contributed by atoms with E-state index in [0.29, 0.717) is 18.2 Å². The fourth-order valence-corrected chi connectivity index (χ4v) is 1.68. The highest BCUT2D eigenvalue weighted by Crippen LogP contribution is 2.24. The smallest absolute Gasteiger partial charge is 0.168 e. The first-order chi connectivity index (χ1) is 8.95. The van der Waals surface area contributed by atoms with E-state index in [2.05, 4.69) is 42.9 Å². The molecule has 4 heteroatoms. The van der Waals surface area contributed by atoms with Crippen LogP contribution in [-0.4, -0.2) is 9.97 Å². The second-order valence-corrected chi connectivity index (χ2v) is 5.46. The minimum absolute atomic E-state index is 0.148. The maximum atomic E-state index is 5.63. The van der Waals surface area contributed by atoms with Gasteiger partial charge in [-0.25, -0.2) is 9.97 Å². The van der Waals surface area contributed by atoms with Crippen LogP contribution in [0.2, 0.25) is 0 Å². The van der Waals surface area contributed by atoms with E-state index in [0.717, 1.165) is 5.75 Å². The van der Waals surface area contributed by atoms with Gasteiger partial charge in [-0.15, -0.1) is 0 Å². The van der Waals surface area contributed by atoms with Crippen molar-refractivity contribution >= 4 is 5.82 Å². The maximum absolute atomic E-state index is 5.63. The molecule has 0 fully saturated rings. The molecule has 0 amide bonds. The van der Waals surface area contributed by atoms with Gasteiger partial charge in [0, 0.05) is 6.20 Å². The van der Waals surface area contributed by atoms with Crippen molar-refractivity contribution in [1.82, 2.24) is 9.97 Å². The minimum Gasteiger partial charge on any atom is -0.486 e. The van der Waals surface area contributed by atoms with E-state index in [1.807, 2.05) is 12.1 Å². The van der Waals surface area contributed by atoms with E-state index in [1.165, 1.54) is 5.56 Å². The van der Waals surface area contributed by atoms with E-state index in [4.69, 9.17) is 10.5 Å². The predicted molar refractivity (Wildman–Crippen MR) is 75.9 cm³/mol. The third kappa shape index (κ3) is 3.68. The Hall–Kier alpha value is -2.10. The average molecular weight is 257 g/mol. The van der Waals surface area contributed by atoms with Crippen molar-refractivity contribution in [1.29, 1.82) is 0 Å². The van der Waals surface area contributed by atoms with Gasteiger partial charge in [0.2, 0.25) is 0 Å². The molecule has 0 bridgehead atoms. The molecule has 2 aromatic rings. The lowest BCUT2D eigenvalue weighted by atomic mass is 9.87. The van der Waals surface area contributed by atoms with Gasteiger partial charge in [0.05, 0.1) is 0 Å². The highest BCUT2D eigenvalue weighted by atomic mass is 16.5. The number of aromatic nitrogens is 2. The Bertz CT molecular complexity index is 544. The number of hydrogen-bond acceptors (Lipinski definition) is 4. The van der Waals surface area contributed by atoms with Gasteiger partial charge in [-0.2, -0.15) is 0 Å². The van der Waals surface area contributed by atoms with Crippen molar-refractivity contribution in [2.75, 3.05) is 5.73 Å². The van der Waals surface area contributed by atoms with Gasteiger partial charge < -0.3 is 10.5 Å². The number of anilines is 1. The predicted octanol–water partition coefficient (Wildman–Crippen LogP) is 2.94. The molecular formula is C15H19N3O. The first-order valence-electron chi connectivity index (χ1n) is 6.26. The largest absolute Gasteiger partial charge is 0.486 e. The fraction of sp³-hybridized carbons (Fsp3) is 0.333. The number of hydrogen-bond donors (Lipinski definition) is 1. The van der Waals surface area contributed by atoms with Crippen molar-refractivity contribution in [3.8, 4) is 5.75 Å². The summed E-state index contributed by atoms with van der Waals surface area (Å²) in [6, 6.07) is 9.74. The van der Waals surface area contributed by atoms with E-state index < -0.39 is 0 Å². The molecule has 1 aromatic heterocycles. The van der Waals surface area contributed by atoms with Crippen molar-refractivity contribution in [2.24, 2.45) is 0 Å². The molecule has 1 aromatic carbocycles. The van der Waals surface area contributed by atoms with Crippen molar-refractivity contribution in [3.63, 3.8) is 0 Å². The van der Waals surface area contributed by atoms with Crippen molar-refractivity contribution < 1.29 is 4.74 Å². The molecule has 0 spiro atoms. The number of rotatable bonds is 3. The van der Waals surface area contributed by atoms with Crippen molar-refractivity contribution in [2.45, 2.75) is 32.8 Å². The minimum atomic E-state index is 0.148. The number of nitrogen functional groups attached to an aromatic ring is 1. The molecule has 19 heavy (non-hydrogen) atoms. The van der Waals surface area contributed by atoms with Crippen LogP contribution in [0.1, 0.15) is 32.2 Å². The van der Waals surface area contributed by atoms with Crippen molar-refractivity contribution in [3.05, 3.63) is 47.9 Å². The average Bonchev–Trinajstić information content (AvgIpc) is 2.36. The van der Waals surface area contributed by atoms with E-state index in [9.17, 15) is 0 Å². The molecule has 0 saturated heterocycles. The van der Waals surface area contributed by atoms with Gasteiger partial charge in [0.25, 0.3) is 0 Å². The van der Waals surface area contributed by atoms with E-state index in [1.54, 1.807) is 12.3 Å². The molecule has 0 unspecified atom stereocenters. The van der Waals surface area contributed by atoms with Gasteiger partial charge in [0.1, 0.15) is 18.2 Å². The highest BCUT2D eigenvalue weighted by Gasteiger charge is 2.12. The zero-order chi connectivity index (χ0) is 13.9. The molecule has 2 N–H and O–H groups in total. The first-order valence-corrected chi connectivity index (χ1v) is 6.26. The Kier molecular flexibility index (Phi) is 3.69. The summed E-state index contributed by atoms with van der Waals surface area (Å²) < 4.78 is 5.63. The maximum Gasteiger partial charge on any atom is 0.168 e. The van der Waals surface area contributed by atoms with Crippen LogP contribution in [0.3, 0.4) is 0 Å². The summed E-state index contributed by atoms with van der Waals surface area (Å²) in [6.45, 7) is 6.87. The van der Waals surface area contributed by atoms with Crippen LogP contribution >= 0.6 is 0 Å². The van der Waals surface area contributed by atoms with Gasteiger partial charge >= 0.3 is 0 Å². The van der Waals surface area contributed by atoms with Crippen LogP contribution in [0.4, 0.5) is 5.82 Å². The summed E-state index contributed by atoms with van der Waals surface area (Å²) in [4.78, 5) is 8.18. The van der Waals surface area contributed by atoms with Crippen LogP contribution < -0.4 is 10.5 Å². The molecule has 1 heterocycles. The summed E-state index contributed by atoms with van der Waals surface area (Å²) in [7, 11) is 0. The molecule has 0 saturated carbocycles. The molecule has 100 valence electrons. The lowest BCUT2D eigenvalue weighted by Gasteiger charge is -2.19. The van der Waals surface area contributed by atoms with Gasteiger partial charge in [-0.05, 0) is 29.2 Å². The fourth-order valence-electron chi connectivity index (χ4n) is 1.68. The second kappa shape index (κ2) is 5.26. The summed E-state index contributed by atoms with van der Waals surface area (Å²) in [6.07, 6.45) is 1.63. The Morgan fingerprint density at radius 2 is 1.79 bits per heavy atom. The molecule has 0 aliphatic rings. The zero-order valence-electron chi connectivity index (χ0n) is 11.6. The van der Waals surface area contributed by atoms with Crippen LogP contribution in [0, 0.1) is 0 Å². The summed E-state index contributed by atoms with van der Waals surface area (Å²) in [5.74, 6) is 1.84. The van der Waals surface area contributed by atoms with Crippen LogP contribution in [-0.2, 0) is 12.0 Å². The molecule has 2 rings (SSSR count).